The second-order valence-corrected chi connectivity index (χ2v) is 6.47. The quantitative estimate of drug-likeness (QED) is 0.840. The lowest BCUT2D eigenvalue weighted by atomic mass is 9.95. The van der Waals surface area contributed by atoms with E-state index in [0.717, 1.165) is 42.4 Å². The molecular formula is C19H25N5O. The van der Waals surface area contributed by atoms with Gasteiger partial charge in [0.05, 0.1) is 12.2 Å². The number of nitrogens with zero attached hydrogens (tertiary/aromatic N) is 3. The molecule has 6 nitrogen and oxygen atoms in total. The Morgan fingerprint density at radius 1 is 1.32 bits per heavy atom. The summed E-state index contributed by atoms with van der Waals surface area (Å²) in [5.74, 6) is 1.25. The van der Waals surface area contributed by atoms with Gasteiger partial charge in [-0.2, -0.15) is 0 Å². The van der Waals surface area contributed by atoms with E-state index < -0.39 is 0 Å². The fourth-order valence-electron chi connectivity index (χ4n) is 3.12. The summed E-state index contributed by atoms with van der Waals surface area (Å²) >= 11 is 0. The van der Waals surface area contributed by atoms with Gasteiger partial charge < -0.3 is 10.6 Å². The molecule has 2 aromatic rings. The minimum atomic E-state index is 0.0165. The highest BCUT2D eigenvalue weighted by Gasteiger charge is 2.18. The molecule has 0 spiro atoms. The number of piperidine rings is 1. The van der Waals surface area contributed by atoms with Crippen molar-refractivity contribution >= 4 is 5.91 Å². The fraction of sp³-hybridized carbons (Fsp3) is 0.474. The molecule has 1 atom stereocenters. The van der Waals surface area contributed by atoms with E-state index in [9.17, 15) is 4.79 Å². The molecule has 3 heterocycles. The first-order chi connectivity index (χ1) is 12.2. The molecule has 0 saturated carbocycles. The molecule has 1 aliphatic heterocycles. The van der Waals surface area contributed by atoms with Gasteiger partial charge in [0, 0.05) is 36.5 Å². The summed E-state index contributed by atoms with van der Waals surface area (Å²) in [6.45, 7) is 4.44. The average Bonchev–Trinajstić information content (AvgIpc) is 2.66. The summed E-state index contributed by atoms with van der Waals surface area (Å²) in [5.41, 5.74) is 2.91. The third-order valence-electron chi connectivity index (χ3n) is 4.43. The molecule has 3 rings (SSSR count). The van der Waals surface area contributed by atoms with Crippen LogP contribution < -0.4 is 10.6 Å². The Morgan fingerprint density at radius 3 is 3.00 bits per heavy atom. The van der Waals surface area contributed by atoms with E-state index in [1.807, 2.05) is 25.1 Å². The fourth-order valence-corrected chi connectivity index (χ4v) is 3.12. The molecule has 1 saturated heterocycles. The molecule has 2 N–H and O–H groups in total. The van der Waals surface area contributed by atoms with Crippen molar-refractivity contribution in [1.82, 2.24) is 25.6 Å². The lowest BCUT2D eigenvalue weighted by Gasteiger charge is -2.22. The number of hydrogen-bond donors (Lipinski definition) is 2. The third-order valence-corrected chi connectivity index (χ3v) is 4.43. The highest BCUT2D eigenvalue weighted by molar-refractivity contribution is 5.76. The van der Waals surface area contributed by atoms with Crippen LogP contribution in [-0.4, -0.2) is 33.9 Å². The van der Waals surface area contributed by atoms with Crippen LogP contribution >= 0.6 is 0 Å². The van der Waals surface area contributed by atoms with Crippen LogP contribution in [-0.2, 0) is 17.8 Å². The lowest BCUT2D eigenvalue weighted by Crippen LogP contribution is -2.29. The summed E-state index contributed by atoms with van der Waals surface area (Å²) in [6, 6.07) is 7.75. The summed E-state index contributed by atoms with van der Waals surface area (Å²) < 4.78 is 0. The molecular weight excluding hydrogens is 314 g/mol. The summed E-state index contributed by atoms with van der Waals surface area (Å²) in [7, 11) is 0. The van der Waals surface area contributed by atoms with Gasteiger partial charge in [-0.25, -0.2) is 9.97 Å². The number of carbonyl (C=O) groups excluding carboxylic acids is 1. The van der Waals surface area contributed by atoms with Crippen molar-refractivity contribution in [3.05, 3.63) is 53.4 Å². The van der Waals surface area contributed by atoms with Gasteiger partial charge in [-0.15, -0.1) is 0 Å². The van der Waals surface area contributed by atoms with Crippen LogP contribution in [0, 0.1) is 6.92 Å². The topological polar surface area (TPSA) is 79.8 Å². The van der Waals surface area contributed by atoms with Crippen LogP contribution in [0.15, 0.2) is 30.5 Å². The smallest absolute Gasteiger partial charge is 0.220 e. The number of amides is 1. The van der Waals surface area contributed by atoms with Crippen molar-refractivity contribution in [2.24, 2.45) is 0 Å². The maximum Gasteiger partial charge on any atom is 0.220 e. The molecule has 1 fully saturated rings. The highest BCUT2D eigenvalue weighted by Crippen LogP contribution is 2.22. The van der Waals surface area contributed by atoms with Gasteiger partial charge in [0.15, 0.2) is 0 Å². The second kappa shape index (κ2) is 8.67. The van der Waals surface area contributed by atoms with Gasteiger partial charge >= 0.3 is 0 Å². The van der Waals surface area contributed by atoms with Crippen molar-refractivity contribution in [3.63, 3.8) is 0 Å². The number of carbonyl (C=O) groups is 1. The van der Waals surface area contributed by atoms with Crippen molar-refractivity contribution in [1.29, 1.82) is 0 Å². The van der Waals surface area contributed by atoms with Crippen molar-refractivity contribution in [2.75, 3.05) is 13.1 Å². The summed E-state index contributed by atoms with van der Waals surface area (Å²) in [6.07, 6.45) is 5.12. The van der Waals surface area contributed by atoms with E-state index in [4.69, 9.17) is 0 Å². The summed E-state index contributed by atoms with van der Waals surface area (Å²) in [5, 5.41) is 6.33. The van der Waals surface area contributed by atoms with Gasteiger partial charge in [-0.05, 0) is 50.9 Å². The third kappa shape index (κ3) is 5.32. The first kappa shape index (κ1) is 17.5. The van der Waals surface area contributed by atoms with Gasteiger partial charge in [-0.1, -0.05) is 6.07 Å². The van der Waals surface area contributed by atoms with E-state index in [0.29, 0.717) is 25.3 Å². The van der Waals surface area contributed by atoms with Gasteiger partial charge in [-0.3, -0.25) is 9.78 Å². The zero-order valence-corrected chi connectivity index (χ0v) is 14.7. The Labute approximate surface area is 148 Å². The minimum absolute atomic E-state index is 0.0165. The second-order valence-electron chi connectivity index (χ2n) is 6.47. The van der Waals surface area contributed by atoms with Crippen LogP contribution in [0.1, 0.15) is 48.1 Å². The number of pyridine rings is 1. The molecule has 25 heavy (non-hydrogen) atoms. The SMILES string of the molecule is Cc1nc(CCC(=O)NCc2ccccn2)cc([C@H]2CCCNC2)n1. The molecule has 0 aromatic carbocycles. The molecule has 0 radical (unpaired) electrons. The Bertz CT molecular complexity index is 698. The molecule has 6 heteroatoms. The number of aromatic nitrogens is 3. The zero-order valence-electron chi connectivity index (χ0n) is 14.7. The summed E-state index contributed by atoms with van der Waals surface area (Å²) in [4.78, 5) is 25.4. The largest absolute Gasteiger partial charge is 0.350 e. The highest BCUT2D eigenvalue weighted by atomic mass is 16.1. The molecule has 2 aromatic heterocycles. The molecule has 1 aliphatic rings. The molecule has 132 valence electrons. The minimum Gasteiger partial charge on any atom is -0.350 e. The predicted octanol–water partition coefficient (Wildman–Crippen LogP) is 1.90. The van der Waals surface area contributed by atoms with Gasteiger partial charge in [0.25, 0.3) is 0 Å². The van der Waals surface area contributed by atoms with E-state index in [2.05, 4.69) is 31.7 Å². The molecule has 1 amide bonds. The first-order valence-corrected chi connectivity index (χ1v) is 8.92. The standard InChI is InChI=1S/C19H25N5O/c1-14-23-16(11-18(24-14)15-5-4-9-20-12-15)7-8-19(25)22-13-17-6-2-3-10-21-17/h2-3,6,10-11,15,20H,4-5,7-9,12-13H2,1H3,(H,22,25)/t15-/m0/s1. The van der Waals surface area contributed by atoms with Gasteiger partial charge in [0.2, 0.25) is 5.91 Å². The number of nitrogens with one attached hydrogen (secondary N) is 2. The Balaban J connectivity index is 1.53. The van der Waals surface area contributed by atoms with Crippen molar-refractivity contribution in [2.45, 2.75) is 45.1 Å². The van der Waals surface area contributed by atoms with Gasteiger partial charge in [0.1, 0.15) is 5.82 Å². The zero-order chi connectivity index (χ0) is 17.5. The van der Waals surface area contributed by atoms with Crippen LogP contribution in [0.25, 0.3) is 0 Å². The first-order valence-electron chi connectivity index (χ1n) is 8.92. The van der Waals surface area contributed by atoms with E-state index in [1.54, 1.807) is 6.20 Å². The lowest BCUT2D eigenvalue weighted by molar-refractivity contribution is -0.121. The molecule has 0 aliphatic carbocycles. The monoisotopic (exact) mass is 339 g/mol. The molecule has 0 bridgehead atoms. The Kier molecular flexibility index (Phi) is 6.06. The predicted molar refractivity (Wildman–Crippen MR) is 96.0 cm³/mol. The van der Waals surface area contributed by atoms with E-state index >= 15 is 0 Å². The van der Waals surface area contributed by atoms with Crippen molar-refractivity contribution < 1.29 is 4.79 Å². The van der Waals surface area contributed by atoms with Crippen LogP contribution in [0.2, 0.25) is 0 Å². The number of hydrogen-bond acceptors (Lipinski definition) is 5. The number of rotatable bonds is 6. The molecule has 0 unspecified atom stereocenters. The Hall–Kier alpha value is -2.34. The van der Waals surface area contributed by atoms with E-state index in [-0.39, 0.29) is 5.91 Å². The normalized spacial score (nSPS) is 17.2. The van der Waals surface area contributed by atoms with Crippen LogP contribution in [0.5, 0.6) is 0 Å². The average molecular weight is 339 g/mol. The maximum absolute atomic E-state index is 12.1. The Morgan fingerprint density at radius 2 is 2.24 bits per heavy atom. The maximum atomic E-state index is 12.1. The van der Waals surface area contributed by atoms with Crippen LogP contribution in [0.4, 0.5) is 0 Å². The van der Waals surface area contributed by atoms with E-state index in [1.165, 1.54) is 6.42 Å². The van der Waals surface area contributed by atoms with Crippen molar-refractivity contribution in [3.8, 4) is 0 Å². The van der Waals surface area contributed by atoms with Crippen LogP contribution in [0.3, 0.4) is 0 Å². The number of aryl methyl sites for hydroxylation is 2.